The van der Waals surface area contributed by atoms with E-state index in [2.05, 4.69) is 24.0 Å². The first-order chi connectivity index (χ1) is 7.42. The standard InChI is InChI=1S/C13H20N2S/c1-5-16-11-8-6-10(7-9-11)12(14)15-13(2,3)4/h6-9H,5H2,1-4H3,(H2,14,15). The Labute approximate surface area is 102 Å². The second kappa shape index (κ2) is 5.39. The molecule has 0 atom stereocenters. The summed E-state index contributed by atoms with van der Waals surface area (Å²) in [5, 5.41) is 0. The molecule has 1 aromatic rings. The quantitative estimate of drug-likeness (QED) is 0.497. The Kier molecular flexibility index (Phi) is 4.42. The lowest BCUT2D eigenvalue weighted by molar-refractivity contribution is 0.583. The van der Waals surface area contributed by atoms with Crippen molar-refractivity contribution in [1.29, 1.82) is 0 Å². The highest BCUT2D eigenvalue weighted by molar-refractivity contribution is 7.99. The monoisotopic (exact) mass is 236 g/mol. The molecule has 1 rings (SSSR count). The molecule has 0 spiro atoms. The molecule has 1 aromatic carbocycles. The van der Waals surface area contributed by atoms with Crippen LogP contribution in [0.25, 0.3) is 0 Å². The lowest BCUT2D eigenvalue weighted by Crippen LogP contribution is -2.21. The molecule has 0 fully saturated rings. The van der Waals surface area contributed by atoms with Crippen molar-refractivity contribution in [2.24, 2.45) is 10.7 Å². The van der Waals surface area contributed by atoms with Gasteiger partial charge in [0.05, 0.1) is 5.54 Å². The van der Waals surface area contributed by atoms with E-state index in [4.69, 9.17) is 5.73 Å². The van der Waals surface area contributed by atoms with E-state index in [9.17, 15) is 0 Å². The van der Waals surface area contributed by atoms with Gasteiger partial charge in [0.15, 0.2) is 0 Å². The number of hydrogen-bond acceptors (Lipinski definition) is 2. The summed E-state index contributed by atoms with van der Waals surface area (Å²) in [7, 11) is 0. The fourth-order valence-corrected chi connectivity index (χ4v) is 1.98. The van der Waals surface area contributed by atoms with Gasteiger partial charge in [0.1, 0.15) is 5.84 Å². The highest BCUT2D eigenvalue weighted by Crippen LogP contribution is 2.18. The molecule has 0 aliphatic rings. The smallest absolute Gasteiger partial charge is 0.126 e. The summed E-state index contributed by atoms with van der Waals surface area (Å²) in [6, 6.07) is 8.24. The van der Waals surface area contributed by atoms with Crippen LogP contribution in [0.15, 0.2) is 34.2 Å². The highest BCUT2D eigenvalue weighted by atomic mass is 32.2. The minimum atomic E-state index is -0.124. The van der Waals surface area contributed by atoms with E-state index < -0.39 is 0 Å². The van der Waals surface area contributed by atoms with Gasteiger partial charge >= 0.3 is 0 Å². The van der Waals surface area contributed by atoms with Crippen LogP contribution in [0.2, 0.25) is 0 Å². The van der Waals surface area contributed by atoms with E-state index in [1.165, 1.54) is 4.90 Å². The zero-order valence-electron chi connectivity index (χ0n) is 10.4. The second-order valence-corrected chi connectivity index (χ2v) is 5.96. The third kappa shape index (κ3) is 4.27. The van der Waals surface area contributed by atoms with Crippen LogP contribution >= 0.6 is 11.8 Å². The summed E-state index contributed by atoms with van der Waals surface area (Å²) < 4.78 is 0. The number of nitrogens with two attached hydrogens (primary N) is 1. The molecule has 0 aliphatic heterocycles. The Morgan fingerprint density at radius 1 is 1.25 bits per heavy atom. The van der Waals surface area contributed by atoms with Crippen LogP contribution < -0.4 is 5.73 Å². The lowest BCUT2D eigenvalue weighted by Gasteiger charge is -2.13. The second-order valence-electron chi connectivity index (χ2n) is 4.63. The van der Waals surface area contributed by atoms with Crippen LogP contribution in [0.4, 0.5) is 0 Å². The van der Waals surface area contributed by atoms with Gasteiger partial charge in [-0.25, -0.2) is 0 Å². The molecule has 2 N–H and O–H groups in total. The maximum Gasteiger partial charge on any atom is 0.126 e. The third-order valence-corrected chi connectivity index (χ3v) is 2.81. The Morgan fingerprint density at radius 2 is 1.81 bits per heavy atom. The van der Waals surface area contributed by atoms with Crippen molar-refractivity contribution in [3.8, 4) is 0 Å². The SMILES string of the molecule is CCSc1ccc(C(N)=NC(C)(C)C)cc1. The number of thioether (sulfide) groups is 1. The average Bonchev–Trinajstić information content (AvgIpc) is 2.16. The molecule has 88 valence electrons. The summed E-state index contributed by atoms with van der Waals surface area (Å²) in [4.78, 5) is 5.72. The molecule has 0 aliphatic carbocycles. The van der Waals surface area contributed by atoms with Crippen LogP contribution in [0.5, 0.6) is 0 Å². The average molecular weight is 236 g/mol. The summed E-state index contributed by atoms with van der Waals surface area (Å²) >= 11 is 1.83. The third-order valence-electron chi connectivity index (χ3n) is 1.92. The summed E-state index contributed by atoms with van der Waals surface area (Å²) in [5.41, 5.74) is 6.82. The normalized spacial score (nSPS) is 12.9. The summed E-state index contributed by atoms with van der Waals surface area (Å²) in [6.07, 6.45) is 0. The number of nitrogens with zero attached hydrogens (tertiary/aromatic N) is 1. The zero-order valence-corrected chi connectivity index (χ0v) is 11.3. The van der Waals surface area contributed by atoms with Crippen molar-refractivity contribution in [2.45, 2.75) is 38.1 Å². The van der Waals surface area contributed by atoms with E-state index in [1.54, 1.807) is 0 Å². The van der Waals surface area contributed by atoms with Crippen molar-refractivity contribution in [1.82, 2.24) is 0 Å². The van der Waals surface area contributed by atoms with Crippen LogP contribution in [0, 0.1) is 0 Å². The molecular weight excluding hydrogens is 216 g/mol. The van der Waals surface area contributed by atoms with Gasteiger partial charge < -0.3 is 5.73 Å². The molecule has 0 heterocycles. The van der Waals surface area contributed by atoms with Crippen LogP contribution in [-0.2, 0) is 0 Å². The van der Waals surface area contributed by atoms with Gasteiger partial charge in [0.25, 0.3) is 0 Å². The molecule has 16 heavy (non-hydrogen) atoms. The summed E-state index contributed by atoms with van der Waals surface area (Å²) in [6.45, 7) is 8.28. The van der Waals surface area contributed by atoms with Crippen LogP contribution in [-0.4, -0.2) is 17.1 Å². The van der Waals surface area contributed by atoms with Crippen molar-refractivity contribution >= 4 is 17.6 Å². The Morgan fingerprint density at radius 3 is 2.25 bits per heavy atom. The van der Waals surface area contributed by atoms with Gasteiger partial charge in [0, 0.05) is 10.5 Å². The summed E-state index contributed by atoms with van der Waals surface area (Å²) in [5.74, 6) is 1.70. The van der Waals surface area contributed by atoms with Crippen LogP contribution in [0.1, 0.15) is 33.3 Å². The van der Waals surface area contributed by atoms with Crippen molar-refractivity contribution in [3.63, 3.8) is 0 Å². The van der Waals surface area contributed by atoms with Gasteiger partial charge in [-0.3, -0.25) is 4.99 Å². The molecule has 3 heteroatoms. The van der Waals surface area contributed by atoms with Crippen molar-refractivity contribution in [2.75, 3.05) is 5.75 Å². The van der Waals surface area contributed by atoms with E-state index in [0.29, 0.717) is 5.84 Å². The lowest BCUT2D eigenvalue weighted by atomic mass is 10.1. The van der Waals surface area contributed by atoms with Crippen LogP contribution in [0.3, 0.4) is 0 Å². The molecule has 0 bridgehead atoms. The first kappa shape index (κ1) is 13.1. The van der Waals surface area contributed by atoms with Gasteiger partial charge in [-0.2, -0.15) is 0 Å². The van der Waals surface area contributed by atoms with Crippen molar-refractivity contribution in [3.05, 3.63) is 29.8 Å². The fraction of sp³-hybridized carbons (Fsp3) is 0.462. The molecule has 0 amide bonds. The van der Waals surface area contributed by atoms with E-state index in [1.807, 2.05) is 44.7 Å². The first-order valence-corrected chi connectivity index (χ1v) is 6.49. The Hall–Kier alpha value is -0.960. The van der Waals surface area contributed by atoms with E-state index in [0.717, 1.165) is 11.3 Å². The minimum absolute atomic E-state index is 0.124. The first-order valence-electron chi connectivity index (χ1n) is 5.51. The highest BCUT2D eigenvalue weighted by Gasteiger charge is 2.09. The fourth-order valence-electron chi connectivity index (χ4n) is 1.31. The zero-order chi connectivity index (χ0) is 12.2. The van der Waals surface area contributed by atoms with E-state index in [-0.39, 0.29) is 5.54 Å². The molecule has 0 aromatic heterocycles. The number of hydrogen-bond donors (Lipinski definition) is 1. The molecule has 2 nitrogen and oxygen atoms in total. The van der Waals surface area contributed by atoms with Gasteiger partial charge in [-0.1, -0.05) is 19.1 Å². The predicted octanol–water partition coefficient (Wildman–Crippen LogP) is 3.30. The molecular formula is C13H20N2S. The van der Waals surface area contributed by atoms with Gasteiger partial charge in [-0.15, -0.1) is 11.8 Å². The minimum Gasteiger partial charge on any atom is -0.383 e. The number of rotatable bonds is 3. The molecule has 0 saturated heterocycles. The van der Waals surface area contributed by atoms with Crippen molar-refractivity contribution < 1.29 is 0 Å². The number of amidine groups is 1. The molecule has 0 radical (unpaired) electrons. The van der Waals surface area contributed by atoms with E-state index >= 15 is 0 Å². The predicted molar refractivity (Wildman–Crippen MR) is 73.3 cm³/mol. The molecule has 0 unspecified atom stereocenters. The largest absolute Gasteiger partial charge is 0.383 e. The number of aliphatic imine (C=N–C) groups is 1. The number of benzene rings is 1. The van der Waals surface area contributed by atoms with Gasteiger partial charge in [0.2, 0.25) is 0 Å². The molecule has 0 saturated carbocycles. The van der Waals surface area contributed by atoms with Gasteiger partial charge in [-0.05, 0) is 38.7 Å². The Bertz CT molecular complexity index is 361. The Balaban J connectivity index is 2.85. The topological polar surface area (TPSA) is 38.4 Å². The maximum absolute atomic E-state index is 5.95. The maximum atomic E-state index is 5.95.